The molecule has 0 aromatic heterocycles. The van der Waals surface area contributed by atoms with E-state index in [1.807, 2.05) is 0 Å². The van der Waals surface area contributed by atoms with E-state index in [-0.39, 0.29) is 5.72 Å². The van der Waals surface area contributed by atoms with E-state index in [2.05, 4.69) is 0 Å². The highest BCUT2D eigenvalue weighted by atomic mass is 16.4. The van der Waals surface area contributed by atoms with E-state index in [0.717, 1.165) is 6.92 Å². The summed E-state index contributed by atoms with van der Waals surface area (Å²) in [5, 5.41) is 8.60. The van der Waals surface area contributed by atoms with Gasteiger partial charge in [0.2, 0.25) is 0 Å². The van der Waals surface area contributed by atoms with Crippen LogP contribution < -0.4 is 5.72 Å². The first-order valence-electron chi connectivity index (χ1n) is 4.61. The molecule has 0 aliphatic heterocycles. The maximum Gasteiger partial charge on any atom is 0.320 e. The van der Waals surface area contributed by atoms with Crippen LogP contribution >= 0.6 is 0 Å². The molecule has 0 aromatic rings. The predicted octanol–water partition coefficient (Wildman–Crippen LogP) is 0.0543. The summed E-state index contributed by atoms with van der Waals surface area (Å²) < 4.78 is 35.0. The molecule has 0 saturated heterocycles. The van der Waals surface area contributed by atoms with Crippen LogP contribution in [0.5, 0.6) is 0 Å². The minimum atomic E-state index is -2.74. The van der Waals surface area contributed by atoms with Crippen molar-refractivity contribution >= 4 is 5.97 Å². The van der Waals surface area contributed by atoms with Crippen LogP contribution in [0, 0.1) is 5.89 Å². The Morgan fingerprint density at radius 1 is 2.25 bits per heavy atom. The quantitative estimate of drug-likeness (QED) is 0.556. The van der Waals surface area contributed by atoms with Crippen LogP contribution in [0.1, 0.15) is 17.9 Å². The Balaban J connectivity index is 5.13. The Hall–Kier alpha value is -0.570. The average molecular weight is 122 g/mol. The summed E-state index contributed by atoms with van der Waals surface area (Å²) in [7, 11) is 0. The van der Waals surface area contributed by atoms with Crippen LogP contribution in [0.25, 0.3) is 0 Å². The molecular formula is C5H11NO2. The lowest BCUT2D eigenvalue weighted by Crippen LogP contribution is -2.34. The third-order valence-corrected chi connectivity index (χ3v) is 0.607. The highest BCUT2D eigenvalue weighted by molar-refractivity contribution is 5.73. The van der Waals surface area contributed by atoms with E-state index in [0.29, 0.717) is 0 Å². The monoisotopic (exact) mass is 122 g/mol. The van der Waals surface area contributed by atoms with Gasteiger partial charge in [-0.3, -0.25) is 4.79 Å². The van der Waals surface area contributed by atoms with Crippen LogP contribution in [0.4, 0.5) is 0 Å². The summed E-state index contributed by atoms with van der Waals surface area (Å²) in [6.45, 7) is 0.369. The van der Waals surface area contributed by atoms with E-state index in [4.69, 9.17) is 12.0 Å². The minimum Gasteiger partial charge on any atom is -0.480 e. The number of carboxylic acids is 1. The van der Waals surface area contributed by atoms with Crippen LogP contribution in [0.15, 0.2) is 0 Å². The van der Waals surface area contributed by atoms with Gasteiger partial charge in [-0.15, -0.1) is 0 Å². The molecule has 0 aliphatic rings. The summed E-state index contributed by atoms with van der Waals surface area (Å²) in [4.78, 5) is 10.6. The second kappa shape index (κ2) is 2.67. The lowest BCUT2D eigenvalue weighted by molar-refractivity contribution is -0.139. The molecule has 0 heterocycles. The first-order chi connectivity index (χ1) is 5.70. The van der Waals surface area contributed by atoms with Gasteiger partial charge in [-0.05, 0) is 5.89 Å². The van der Waals surface area contributed by atoms with Crippen molar-refractivity contribution in [2.45, 2.75) is 19.8 Å². The second-order valence-electron chi connectivity index (χ2n) is 1.43. The molecule has 0 rings (SSSR count). The third kappa shape index (κ3) is 1.93. The largest absolute Gasteiger partial charge is 0.480 e. The first-order valence-corrected chi connectivity index (χ1v) is 2.00. The molecule has 0 aromatic carbocycles. The summed E-state index contributed by atoms with van der Waals surface area (Å²) in [6.07, 6.45) is 0. The molecule has 0 bridgehead atoms. The summed E-state index contributed by atoms with van der Waals surface area (Å²) in [5.74, 6) is -3.80. The van der Waals surface area contributed by atoms with Crippen molar-refractivity contribution in [1.29, 1.82) is 0 Å². The summed E-state index contributed by atoms with van der Waals surface area (Å²) in [6, 6.07) is -2.74. The van der Waals surface area contributed by atoms with Gasteiger partial charge in [0.15, 0.2) is 0 Å². The van der Waals surface area contributed by atoms with Crippen molar-refractivity contribution in [3.05, 3.63) is 0 Å². The zero-order chi connectivity index (χ0) is 10.9. The number of rotatable bonds is 3. The van der Waals surface area contributed by atoms with Crippen molar-refractivity contribution < 1.29 is 16.8 Å². The van der Waals surface area contributed by atoms with Crippen molar-refractivity contribution in [2.75, 3.05) is 0 Å². The molecule has 1 unspecified atom stereocenters. The minimum absolute atomic E-state index is 0.364. The molecule has 3 N–H and O–H groups in total. The van der Waals surface area contributed by atoms with Crippen LogP contribution in [-0.4, -0.2) is 17.1 Å². The third-order valence-electron chi connectivity index (χ3n) is 0.607. The highest BCUT2D eigenvalue weighted by Crippen LogP contribution is 1.96. The smallest absolute Gasteiger partial charge is 0.320 e. The fourth-order valence-corrected chi connectivity index (χ4v) is 0.183. The maximum atomic E-state index is 10.6. The molecule has 0 saturated carbocycles. The van der Waals surface area contributed by atoms with Gasteiger partial charge < -0.3 is 10.8 Å². The van der Waals surface area contributed by atoms with E-state index in [9.17, 15) is 4.79 Å². The first kappa shape index (κ1) is 2.35. The second-order valence-corrected chi connectivity index (χ2v) is 1.43. The molecule has 2 atom stereocenters. The van der Waals surface area contributed by atoms with E-state index in [1.165, 1.54) is 0 Å². The standard InChI is InChI=1S/C5H11NO2/c1-3(2)4(6)5(7)8/h3-4H,6H2,1-2H3,(H,7,8)/t4-/m0/s1/i1D,3D,4D/hD2/t3?,4-. The Bertz CT molecular complexity index is 209. The average Bonchev–Trinajstić information content (AvgIpc) is 2.01. The number of hydrogen-bond acceptors (Lipinski definition) is 2. The summed E-state index contributed by atoms with van der Waals surface area (Å²) in [5.41, 5.74) is -0.364. The maximum absolute atomic E-state index is 10.6. The molecule has 0 spiro atoms. The van der Waals surface area contributed by atoms with Gasteiger partial charge >= 0.3 is 5.97 Å². The molecule has 3 nitrogen and oxygen atoms in total. The van der Waals surface area contributed by atoms with Gasteiger partial charge in [0.25, 0.3) is 0 Å². The Kier molecular flexibility index (Phi) is 0.784. The SMILES string of the molecule is [2H]CC([2H])(C)[C@@]([2H])(C(=O)O)N([2H])[2H]. The summed E-state index contributed by atoms with van der Waals surface area (Å²) >= 11 is 0. The molecule has 8 heavy (non-hydrogen) atoms. The van der Waals surface area contributed by atoms with Gasteiger partial charge in [-0.25, -0.2) is 0 Å². The van der Waals surface area contributed by atoms with Crippen LogP contribution in [0.3, 0.4) is 0 Å². The molecule has 0 aliphatic carbocycles. The topological polar surface area (TPSA) is 63.3 Å². The van der Waals surface area contributed by atoms with E-state index < -0.39 is 24.8 Å². The van der Waals surface area contributed by atoms with E-state index >= 15 is 0 Å². The number of nitrogens with two attached hydrogens (primary N) is 1. The number of carbonyl (C=O) groups is 1. The van der Waals surface area contributed by atoms with Gasteiger partial charge in [0.1, 0.15) is 8.84 Å². The molecule has 3 heteroatoms. The lowest BCUT2D eigenvalue weighted by Gasteiger charge is -2.07. The van der Waals surface area contributed by atoms with Crippen LogP contribution in [0.2, 0.25) is 2.82 Å². The zero-order valence-electron chi connectivity index (χ0n) is 9.51. The Labute approximate surface area is 55.6 Å². The van der Waals surface area contributed by atoms with Gasteiger partial charge in [-0.1, -0.05) is 13.8 Å². The van der Waals surface area contributed by atoms with Crippen molar-refractivity contribution in [1.82, 2.24) is 0 Å². The van der Waals surface area contributed by atoms with Gasteiger partial charge in [0.05, 0.1) is 1.37 Å². The molecular weight excluding hydrogens is 106 g/mol. The zero-order valence-corrected chi connectivity index (χ0v) is 4.51. The van der Waals surface area contributed by atoms with Crippen LogP contribution in [-0.2, 0) is 4.79 Å². The van der Waals surface area contributed by atoms with Gasteiger partial charge in [-0.2, -0.15) is 0 Å². The Morgan fingerprint density at radius 2 is 2.88 bits per heavy atom. The van der Waals surface area contributed by atoms with Crippen molar-refractivity contribution in [3.63, 3.8) is 0 Å². The highest BCUT2D eigenvalue weighted by Gasteiger charge is 2.14. The lowest BCUT2D eigenvalue weighted by atomic mass is 10.1. The predicted molar refractivity (Wildman–Crippen MR) is 30.4 cm³/mol. The number of hydrogen-bond donors (Lipinski definition) is 2. The number of carboxylic acid groups (broad SMARTS) is 1. The van der Waals surface area contributed by atoms with Gasteiger partial charge in [0, 0.05) is 2.74 Å². The molecule has 0 amide bonds. The molecule has 0 fully saturated rings. The Morgan fingerprint density at radius 3 is 3.00 bits per heavy atom. The molecule has 48 valence electrons. The van der Waals surface area contributed by atoms with E-state index in [1.54, 1.807) is 0 Å². The van der Waals surface area contributed by atoms with Crippen molar-refractivity contribution in [3.8, 4) is 0 Å². The fraction of sp³-hybridized carbons (Fsp3) is 0.800. The normalized spacial score (nSPS) is 34.5. The van der Waals surface area contributed by atoms with Crippen molar-refractivity contribution in [2.24, 2.45) is 11.6 Å². The molecule has 0 radical (unpaired) electrons. The fourth-order valence-electron chi connectivity index (χ4n) is 0.183. The number of aliphatic carboxylic acids is 1.